The van der Waals surface area contributed by atoms with Gasteiger partial charge in [0.05, 0.1) is 0 Å². The number of anilines is 1. The van der Waals surface area contributed by atoms with Crippen molar-refractivity contribution in [3.63, 3.8) is 0 Å². The van der Waals surface area contributed by atoms with E-state index in [0.29, 0.717) is 6.54 Å². The molecule has 0 aromatic heterocycles. The Hall–Kier alpha value is -2.33. The zero-order valence-corrected chi connectivity index (χ0v) is 14.8. The van der Waals surface area contributed by atoms with Crippen LogP contribution in [0, 0.1) is 12.8 Å². The second-order valence-corrected chi connectivity index (χ2v) is 6.10. The van der Waals surface area contributed by atoms with E-state index in [4.69, 9.17) is 4.74 Å². The van der Waals surface area contributed by atoms with Crippen LogP contribution < -0.4 is 15.4 Å². The molecule has 0 aliphatic rings. The summed E-state index contributed by atoms with van der Waals surface area (Å²) in [6.07, 6.45) is -0.0262. The number of nitrogens with one attached hydrogen (secondary N) is 2. The van der Waals surface area contributed by atoms with E-state index >= 15 is 0 Å². The highest BCUT2D eigenvalue weighted by molar-refractivity contribution is 5.93. The Morgan fingerprint density at radius 3 is 2.46 bits per heavy atom. The fourth-order valence-corrected chi connectivity index (χ4v) is 2.50. The van der Waals surface area contributed by atoms with Crippen molar-refractivity contribution in [2.75, 3.05) is 18.9 Å². The Kier molecular flexibility index (Phi) is 6.38. The first-order chi connectivity index (χ1) is 11.5. The van der Waals surface area contributed by atoms with Gasteiger partial charge in [0.15, 0.2) is 0 Å². The molecule has 0 spiro atoms. The van der Waals surface area contributed by atoms with Crippen LogP contribution in [0.2, 0.25) is 0 Å². The highest BCUT2D eigenvalue weighted by Gasteiger charge is 2.14. The molecule has 0 fully saturated rings. The summed E-state index contributed by atoms with van der Waals surface area (Å²) >= 11 is 0. The normalized spacial score (nSPS) is 13.2. The molecule has 2 N–H and O–H groups in total. The second-order valence-electron chi connectivity index (χ2n) is 6.10. The lowest BCUT2D eigenvalue weighted by Crippen LogP contribution is -2.28. The summed E-state index contributed by atoms with van der Waals surface area (Å²) in [5, 5.41) is 5.99. The Bertz CT molecular complexity index is 671. The maximum atomic E-state index is 12.1. The average Bonchev–Trinajstić information content (AvgIpc) is 2.58. The molecular weight excluding hydrogens is 300 g/mol. The summed E-state index contributed by atoms with van der Waals surface area (Å²) in [4.78, 5) is 12.1. The number of hydrogen-bond acceptors (Lipinski definition) is 3. The van der Waals surface area contributed by atoms with E-state index in [-0.39, 0.29) is 17.9 Å². The number of carbonyl (C=O) groups excluding carboxylic acids is 1. The molecule has 128 valence electrons. The summed E-state index contributed by atoms with van der Waals surface area (Å²) in [5.41, 5.74) is 2.94. The fourth-order valence-electron chi connectivity index (χ4n) is 2.50. The maximum Gasteiger partial charge on any atom is 0.228 e. The maximum absolute atomic E-state index is 12.1. The highest BCUT2D eigenvalue weighted by atomic mass is 16.5. The van der Waals surface area contributed by atoms with Crippen LogP contribution in [0.3, 0.4) is 0 Å². The Morgan fingerprint density at radius 2 is 1.83 bits per heavy atom. The molecule has 2 aromatic rings. The topological polar surface area (TPSA) is 50.4 Å². The molecule has 0 radical (unpaired) electrons. The number of hydrogen-bond donors (Lipinski definition) is 2. The van der Waals surface area contributed by atoms with Gasteiger partial charge in [0.1, 0.15) is 11.9 Å². The van der Waals surface area contributed by atoms with Crippen LogP contribution in [0.25, 0.3) is 0 Å². The van der Waals surface area contributed by atoms with Gasteiger partial charge in [0.25, 0.3) is 0 Å². The van der Waals surface area contributed by atoms with Crippen molar-refractivity contribution in [3.8, 4) is 5.75 Å². The number of carbonyl (C=O) groups is 1. The van der Waals surface area contributed by atoms with Crippen molar-refractivity contribution in [1.29, 1.82) is 0 Å². The number of aryl methyl sites for hydroxylation is 1. The van der Waals surface area contributed by atoms with Gasteiger partial charge >= 0.3 is 0 Å². The van der Waals surface area contributed by atoms with Crippen molar-refractivity contribution < 1.29 is 9.53 Å². The zero-order valence-electron chi connectivity index (χ0n) is 14.8. The van der Waals surface area contributed by atoms with Crippen LogP contribution in [-0.4, -0.2) is 19.5 Å². The molecule has 1 amide bonds. The monoisotopic (exact) mass is 326 g/mol. The molecular formula is C20H26N2O2. The van der Waals surface area contributed by atoms with Crippen molar-refractivity contribution in [1.82, 2.24) is 5.32 Å². The lowest BCUT2D eigenvalue weighted by molar-refractivity contribution is -0.119. The molecule has 24 heavy (non-hydrogen) atoms. The summed E-state index contributed by atoms with van der Waals surface area (Å²) in [5.74, 6) is 0.729. The molecule has 0 saturated heterocycles. The minimum atomic E-state index is -0.0802. The van der Waals surface area contributed by atoms with Crippen molar-refractivity contribution in [2.24, 2.45) is 5.92 Å². The largest absolute Gasteiger partial charge is 0.486 e. The minimum Gasteiger partial charge on any atom is -0.486 e. The van der Waals surface area contributed by atoms with Crippen LogP contribution >= 0.6 is 0 Å². The first-order valence-electron chi connectivity index (χ1n) is 8.29. The highest BCUT2D eigenvalue weighted by Crippen LogP contribution is 2.26. The minimum absolute atomic E-state index is 0.0128. The van der Waals surface area contributed by atoms with Crippen molar-refractivity contribution in [3.05, 3.63) is 59.7 Å². The summed E-state index contributed by atoms with van der Waals surface area (Å²) in [6.45, 7) is 6.55. The van der Waals surface area contributed by atoms with Gasteiger partial charge in [-0.05, 0) is 50.2 Å². The van der Waals surface area contributed by atoms with Crippen LogP contribution in [0.15, 0.2) is 48.5 Å². The van der Waals surface area contributed by atoms with Crippen molar-refractivity contribution in [2.45, 2.75) is 26.9 Å². The molecule has 4 nitrogen and oxygen atoms in total. The van der Waals surface area contributed by atoms with E-state index in [1.165, 1.54) is 0 Å². The van der Waals surface area contributed by atoms with E-state index in [9.17, 15) is 4.79 Å². The van der Waals surface area contributed by atoms with Crippen LogP contribution in [0.4, 0.5) is 5.69 Å². The van der Waals surface area contributed by atoms with Gasteiger partial charge < -0.3 is 15.4 Å². The van der Waals surface area contributed by atoms with Gasteiger partial charge in [0, 0.05) is 18.2 Å². The molecule has 2 unspecified atom stereocenters. The van der Waals surface area contributed by atoms with E-state index in [1.54, 1.807) is 0 Å². The van der Waals surface area contributed by atoms with E-state index in [0.717, 1.165) is 22.6 Å². The van der Waals surface area contributed by atoms with Gasteiger partial charge in [-0.3, -0.25) is 4.79 Å². The number of amides is 1. The average molecular weight is 326 g/mol. The summed E-state index contributed by atoms with van der Waals surface area (Å²) in [6, 6.07) is 15.9. The quantitative estimate of drug-likeness (QED) is 0.810. The van der Waals surface area contributed by atoms with Crippen LogP contribution in [0.5, 0.6) is 5.75 Å². The first-order valence-corrected chi connectivity index (χ1v) is 8.29. The van der Waals surface area contributed by atoms with E-state index in [2.05, 4.69) is 22.8 Å². The zero-order chi connectivity index (χ0) is 17.5. The molecule has 4 heteroatoms. The predicted molar refractivity (Wildman–Crippen MR) is 98.4 cm³/mol. The number of benzene rings is 2. The van der Waals surface area contributed by atoms with Gasteiger partial charge in [-0.15, -0.1) is 0 Å². The molecule has 0 bridgehead atoms. The number of ether oxygens (including phenoxy) is 1. The van der Waals surface area contributed by atoms with E-state index < -0.39 is 0 Å². The van der Waals surface area contributed by atoms with Gasteiger partial charge in [0.2, 0.25) is 5.91 Å². The van der Waals surface area contributed by atoms with E-state index in [1.807, 2.05) is 64.2 Å². The fraction of sp³-hybridized carbons (Fsp3) is 0.350. The Balaban J connectivity index is 2.03. The number of rotatable bonds is 7. The standard InChI is InChI=1S/C20H26N2O2/c1-14-12-18(24-16(3)17-8-6-5-7-9-17)10-11-19(14)22-20(23)15(2)13-21-4/h5-12,15-16,21H,13H2,1-4H3,(H,22,23). The molecule has 0 aliphatic heterocycles. The Labute approximate surface area is 144 Å². The summed E-state index contributed by atoms with van der Waals surface area (Å²) < 4.78 is 6.00. The molecule has 0 heterocycles. The molecule has 0 aliphatic carbocycles. The van der Waals surface area contributed by atoms with Crippen LogP contribution in [0.1, 0.15) is 31.1 Å². The van der Waals surface area contributed by atoms with Crippen LogP contribution in [-0.2, 0) is 4.79 Å². The molecule has 2 aromatic carbocycles. The molecule has 0 saturated carbocycles. The molecule has 2 rings (SSSR count). The lowest BCUT2D eigenvalue weighted by atomic mass is 10.1. The summed E-state index contributed by atoms with van der Waals surface area (Å²) in [7, 11) is 1.84. The van der Waals surface area contributed by atoms with Gasteiger partial charge in [-0.1, -0.05) is 37.3 Å². The third kappa shape index (κ3) is 4.83. The van der Waals surface area contributed by atoms with Gasteiger partial charge in [-0.2, -0.15) is 0 Å². The predicted octanol–water partition coefficient (Wildman–Crippen LogP) is 3.93. The smallest absolute Gasteiger partial charge is 0.228 e. The molecule has 2 atom stereocenters. The Morgan fingerprint density at radius 1 is 1.12 bits per heavy atom. The second kappa shape index (κ2) is 8.50. The third-order valence-corrected chi connectivity index (χ3v) is 4.00. The first kappa shape index (κ1) is 18.0. The SMILES string of the molecule is CNCC(C)C(=O)Nc1ccc(OC(C)c2ccccc2)cc1C. The third-order valence-electron chi connectivity index (χ3n) is 4.00. The van der Waals surface area contributed by atoms with Crippen molar-refractivity contribution >= 4 is 11.6 Å². The lowest BCUT2D eigenvalue weighted by Gasteiger charge is -2.17. The van der Waals surface area contributed by atoms with Gasteiger partial charge in [-0.25, -0.2) is 0 Å².